The maximum atomic E-state index is 12.5. The Balaban J connectivity index is 1.99. The van der Waals surface area contributed by atoms with Gasteiger partial charge in [-0.1, -0.05) is 29.3 Å². The summed E-state index contributed by atoms with van der Waals surface area (Å²) >= 11 is 13.3. The number of fused-ring (bicyclic) bond motifs is 1. The molecule has 1 amide bonds. The zero-order chi connectivity index (χ0) is 17.4. The molecule has 0 aliphatic carbocycles. The van der Waals surface area contributed by atoms with Crippen LogP contribution in [0.3, 0.4) is 0 Å². The molecular formula is C16H10Cl2N2O3S. The Morgan fingerprint density at radius 2 is 1.96 bits per heavy atom. The van der Waals surface area contributed by atoms with Crippen LogP contribution in [0.5, 0.6) is 0 Å². The number of nitrogens with one attached hydrogen (secondary N) is 1. The van der Waals surface area contributed by atoms with E-state index < -0.39 is 4.92 Å². The number of anilines is 1. The van der Waals surface area contributed by atoms with Crippen molar-refractivity contribution in [2.75, 3.05) is 5.32 Å². The van der Waals surface area contributed by atoms with Crippen molar-refractivity contribution in [1.29, 1.82) is 0 Å². The molecule has 0 spiro atoms. The van der Waals surface area contributed by atoms with Crippen LogP contribution in [0.4, 0.5) is 11.4 Å². The van der Waals surface area contributed by atoms with Crippen molar-refractivity contribution in [3.63, 3.8) is 0 Å². The van der Waals surface area contributed by atoms with E-state index in [2.05, 4.69) is 5.32 Å². The van der Waals surface area contributed by atoms with Crippen LogP contribution in [0.15, 0.2) is 36.4 Å². The summed E-state index contributed by atoms with van der Waals surface area (Å²) in [5, 5.41) is 15.0. The number of hydrogen-bond acceptors (Lipinski definition) is 4. The molecule has 8 heteroatoms. The molecule has 1 N–H and O–H groups in total. The number of hydrogen-bond donors (Lipinski definition) is 1. The Hall–Kier alpha value is -2.15. The van der Waals surface area contributed by atoms with Crippen LogP contribution in [0.2, 0.25) is 10.0 Å². The summed E-state index contributed by atoms with van der Waals surface area (Å²) in [6, 6.07) is 9.51. The minimum Gasteiger partial charge on any atom is -0.321 e. The van der Waals surface area contributed by atoms with Gasteiger partial charge >= 0.3 is 0 Å². The second-order valence-electron chi connectivity index (χ2n) is 5.10. The Kier molecular flexibility index (Phi) is 4.45. The Bertz CT molecular complexity index is 985. The highest BCUT2D eigenvalue weighted by molar-refractivity contribution is 7.21. The van der Waals surface area contributed by atoms with E-state index in [1.165, 1.54) is 12.1 Å². The fraction of sp³-hybridized carbons (Fsp3) is 0.0625. The number of nitrogens with zero attached hydrogens (tertiary/aromatic N) is 1. The van der Waals surface area contributed by atoms with Gasteiger partial charge in [0.15, 0.2) is 0 Å². The highest BCUT2D eigenvalue weighted by Crippen LogP contribution is 2.37. The van der Waals surface area contributed by atoms with E-state index in [-0.39, 0.29) is 16.6 Å². The predicted octanol–water partition coefficient (Wildman–Crippen LogP) is 5.68. The molecule has 0 aliphatic heterocycles. The summed E-state index contributed by atoms with van der Waals surface area (Å²) in [6.07, 6.45) is 0. The van der Waals surface area contributed by atoms with E-state index in [0.29, 0.717) is 25.7 Å². The fourth-order valence-corrected chi connectivity index (χ4v) is 3.84. The molecule has 24 heavy (non-hydrogen) atoms. The molecule has 0 fully saturated rings. The number of halogens is 2. The van der Waals surface area contributed by atoms with Gasteiger partial charge in [-0.3, -0.25) is 14.9 Å². The average Bonchev–Trinajstić information content (AvgIpc) is 2.87. The van der Waals surface area contributed by atoms with Crippen LogP contribution in [0, 0.1) is 17.0 Å². The predicted molar refractivity (Wildman–Crippen MR) is 97.6 cm³/mol. The molecule has 0 unspecified atom stereocenters. The van der Waals surface area contributed by atoms with Gasteiger partial charge in [0.2, 0.25) is 0 Å². The van der Waals surface area contributed by atoms with Crippen molar-refractivity contribution in [3.05, 3.63) is 67.0 Å². The highest BCUT2D eigenvalue weighted by atomic mass is 35.5. The molecule has 0 saturated carbocycles. The van der Waals surface area contributed by atoms with Crippen LogP contribution in [0.1, 0.15) is 15.2 Å². The summed E-state index contributed by atoms with van der Waals surface area (Å²) in [5.74, 6) is -0.380. The van der Waals surface area contributed by atoms with Crippen LogP contribution >= 0.6 is 34.5 Å². The first kappa shape index (κ1) is 16.7. The van der Waals surface area contributed by atoms with Gasteiger partial charge < -0.3 is 5.32 Å². The van der Waals surface area contributed by atoms with Crippen LogP contribution in [-0.4, -0.2) is 10.8 Å². The summed E-state index contributed by atoms with van der Waals surface area (Å²) in [6.45, 7) is 1.85. The number of rotatable bonds is 3. The third-order valence-electron chi connectivity index (χ3n) is 3.48. The Morgan fingerprint density at radius 3 is 2.67 bits per heavy atom. The third kappa shape index (κ3) is 3.08. The number of carbonyl (C=O) groups is 1. The number of thiophene rings is 1. The molecule has 1 aromatic heterocycles. The average molecular weight is 381 g/mol. The second kappa shape index (κ2) is 6.39. The number of nitro benzene ring substituents is 1. The van der Waals surface area contributed by atoms with Gasteiger partial charge in [-0.15, -0.1) is 11.3 Å². The van der Waals surface area contributed by atoms with Crippen molar-refractivity contribution in [2.24, 2.45) is 0 Å². The minimum atomic E-state index is -0.484. The number of nitro groups is 1. The second-order valence-corrected chi connectivity index (χ2v) is 6.96. The normalized spacial score (nSPS) is 10.8. The zero-order valence-corrected chi connectivity index (χ0v) is 14.6. The van der Waals surface area contributed by atoms with E-state index in [9.17, 15) is 14.9 Å². The van der Waals surface area contributed by atoms with Gasteiger partial charge in [-0.2, -0.15) is 0 Å². The third-order valence-corrected chi connectivity index (χ3v) is 5.37. The smallest absolute Gasteiger partial charge is 0.270 e. The molecule has 0 bridgehead atoms. The van der Waals surface area contributed by atoms with E-state index in [1.54, 1.807) is 24.3 Å². The number of aryl methyl sites for hydroxylation is 1. The molecule has 1 heterocycles. The Morgan fingerprint density at radius 1 is 1.21 bits per heavy atom. The van der Waals surface area contributed by atoms with Gasteiger partial charge in [0.1, 0.15) is 4.88 Å². The lowest BCUT2D eigenvalue weighted by molar-refractivity contribution is -0.384. The Labute approximate surface area is 151 Å². The van der Waals surface area contributed by atoms with Crippen LogP contribution in [-0.2, 0) is 0 Å². The van der Waals surface area contributed by atoms with E-state index >= 15 is 0 Å². The summed E-state index contributed by atoms with van der Waals surface area (Å²) < 4.78 is 0.585. The summed E-state index contributed by atoms with van der Waals surface area (Å²) in [5.41, 5.74) is 1.41. The van der Waals surface area contributed by atoms with Crippen molar-refractivity contribution < 1.29 is 9.72 Å². The molecule has 5 nitrogen and oxygen atoms in total. The highest BCUT2D eigenvalue weighted by Gasteiger charge is 2.19. The molecular weight excluding hydrogens is 371 g/mol. The SMILES string of the molecule is Cc1ccc(Cl)cc1NC(=O)c1sc2cc([N+](=O)[O-])ccc2c1Cl. The summed E-state index contributed by atoms with van der Waals surface area (Å²) in [4.78, 5) is 23.2. The van der Waals surface area contributed by atoms with Crippen LogP contribution in [0.25, 0.3) is 10.1 Å². The van der Waals surface area contributed by atoms with Gasteiger partial charge in [-0.05, 0) is 30.7 Å². The van der Waals surface area contributed by atoms with Gasteiger partial charge in [0, 0.05) is 32.9 Å². The quantitative estimate of drug-likeness (QED) is 0.469. The number of benzene rings is 2. The number of non-ortho nitro benzene ring substituents is 1. The standard InChI is InChI=1S/C16H10Cl2N2O3S/c1-8-2-3-9(17)6-12(8)19-16(21)15-14(18)11-5-4-10(20(22)23)7-13(11)24-15/h2-7H,1H3,(H,19,21). The molecule has 0 atom stereocenters. The summed E-state index contributed by atoms with van der Waals surface area (Å²) in [7, 11) is 0. The fourth-order valence-electron chi connectivity index (χ4n) is 2.22. The molecule has 3 rings (SSSR count). The van der Waals surface area contributed by atoms with Crippen molar-refractivity contribution in [2.45, 2.75) is 6.92 Å². The molecule has 0 saturated heterocycles. The molecule has 0 aliphatic rings. The van der Waals surface area contributed by atoms with Gasteiger partial charge in [0.25, 0.3) is 11.6 Å². The maximum absolute atomic E-state index is 12.5. The molecule has 0 radical (unpaired) electrons. The van der Waals surface area contributed by atoms with E-state index in [1.807, 2.05) is 6.92 Å². The lowest BCUT2D eigenvalue weighted by Gasteiger charge is -2.08. The first-order chi connectivity index (χ1) is 11.4. The lowest BCUT2D eigenvalue weighted by Crippen LogP contribution is -2.11. The largest absolute Gasteiger partial charge is 0.321 e. The molecule has 122 valence electrons. The first-order valence-corrected chi connectivity index (χ1v) is 8.38. The number of carbonyl (C=O) groups excluding carboxylic acids is 1. The lowest BCUT2D eigenvalue weighted by atomic mass is 10.2. The van der Waals surface area contributed by atoms with Crippen LogP contribution < -0.4 is 5.32 Å². The minimum absolute atomic E-state index is 0.0435. The van der Waals surface area contributed by atoms with Crippen molar-refractivity contribution >= 4 is 61.9 Å². The van der Waals surface area contributed by atoms with Crippen molar-refractivity contribution in [3.8, 4) is 0 Å². The van der Waals surface area contributed by atoms with E-state index in [4.69, 9.17) is 23.2 Å². The molecule has 2 aromatic carbocycles. The van der Waals surface area contributed by atoms with E-state index in [0.717, 1.165) is 16.9 Å². The number of amides is 1. The monoisotopic (exact) mass is 380 g/mol. The van der Waals surface area contributed by atoms with Crippen molar-refractivity contribution in [1.82, 2.24) is 0 Å². The first-order valence-electron chi connectivity index (χ1n) is 6.81. The zero-order valence-electron chi connectivity index (χ0n) is 12.3. The molecule has 3 aromatic rings. The van der Waals surface area contributed by atoms with Gasteiger partial charge in [-0.25, -0.2) is 0 Å². The maximum Gasteiger partial charge on any atom is 0.270 e. The topological polar surface area (TPSA) is 72.2 Å². The van der Waals surface area contributed by atoms with Gasteiger partial charge in [0.05, 0.1) is 9.95 Å².